The van der Waals surface area contributed by atoms with Gasteiger partial charge in [-0.1, -0.05) is 6.92 Å². The van der Waals surface area contributed by atoms with Gasteiger partial charge >= 0.3 is 0 Å². The number of piperidine rings is 1. The summed E-state index contributed by atoms with van der Waals surface area (Å²) < 4.78 is 30.3. The minimum absolute atomic E-state index is 0.0920. The molecule has 5 aliphatic carbocycles. The number of hydrogen-bond donors (Lipinski definition) is 3. The highest BCUT2D eigenvalue weighted by Gasteiger charge is 2.95. The minimum atomic E-state index is -1.67. The Morgan fingerprint density at radius 2 is 1.63 bits per heavy atom. The number of aliphatic hydroxyl groups is 3. The second-order valence-corrected chi connectivity index (χ2v) is 12.3. The molecule has 5 saturated carbocycles. The average Bonchev–Trinajstić information content (AvgIpc) is 3.21. The number of methoxy groups -OCH3 is 5. The number of rotatable bonds is 7. The Hall–Kier alpha value is -0.360. The summed E-state index contributed by atoms with van der Waals surface area (Å²) in [5.74, 6) is -1.04. The Bertz CT molecular complexity index is 876. The van der Waals surface area contributed by atoms with Crippen molar-refractivity contribution in [2.75, 3.05) is 55.2 Å². The Morgan fingerprint density at radius 1 is 0.886 bits per heavy atom. The van der Waals surface area contributed by atoms with Crippen molar-refractivity contribution in [3.63, 3.8) is 0 Å². The van der Waals surface area contributed by atoms with Crippen LogP contribution in [-0.4, -0.2) is 123 Å². The standard InChI is InChI=1S/C26H43NO8/c1-7-27-12-22(13-31-2)9-8-16(33-4)25-19(22)20(35-6)26(30,21(25)27)24(29)11-15(32-3)14-10-23(25,28)18(24)17(14)34-5/h14-21,28-30H,7-13H2,1-6H3/t14-,15+,16+,17+,18+,19-,20+,21+,22+,23+,24-,25-,26-/m1/s1. The van der Waals surface area contributed by atoms with Gasteiger partial charge < -0.3 is 39.0 Å². The van der Waals surface area contributed by atoms with Gasteiger partial charge in [0.25, 0.3) is 0 Å². The van der Waals surface area contributed by atoms with Crippen LogP contribution in [-0.2, 0) is 23.7 Å². The summed E-state index contributed by atoms with van der Waals surface area (Å²) >= 11 is 0. The lowest BCUT2D eigenvalue weighted by Gasteiger charge is -2.72. The minimum Gasteiger partial charge on any atom is -0.389 e. The molecule has 0 aromatic heterocycles. The molecule has 6 fully saturated rings. The van der Waals surface area contributed by atoms with Crippen LogP contribution in [0.4, 0.5) is 0 Å². The maximum atomic E-state index is 13.2. The molecular formula is C26H43NO8. The highest BCUT2D eigenvalue weighted by molar-refractivity contribution is 5.45. The first-order chi connectivity index (χ1) is 16.7. The van der Waals surface area contributed by atoms with Gasteiger partial charge in [-0.15, -0.1) is 0 Å². The molecule has 0 unspecified atom stereocenters. The van der Waals surface area contributed by atoms with Gasteiger partial charge in [0.2, 0.25) is 0 Å². The van der Waals surface area contributed by atoms with Gasteiger partial charge in [-0.05, 0) is 25.8 Å². The molecule has 0 radical (unpaired) electrons. The molecule has 1 heterocycles. The van der Waals surface area contributed by atoms with Crippen LogP contribution in [0.5, 0.6) is 0 Å². The molecule has 13 atom stereocenters. The number of nitrogens with zero attached hydrogens (tertiary/aromatic N) is 1. The molecule has 1 spiro atoms. The van der Waals surface area contributed by atoms with Gasteiger partial charge in [0, 0.05) is 71.7 Å². The molecule has 0 amide bonds. The SMILES string of the molecule is CCN1C[C@]2(COC)CC[C@H](OC)[C@@]34[C@@H]2[C@H](OC)[C@@](O)([C@@H]13)[C@@]1(O)C[C@H](OC)[C@H]2C[C@]4(O)[C@@H]1[C@H]2OC. The first-order valence-corrected chi connectivity index (χ1v) is 13.2. The quantitative estimate of drug-likeness (QED) is 0.449. The van der Waals surface area contributed by atoms with E-state index in [-0.39, 0.29) is 35.9 Å². The average molecular weight is 498 g/mol. The lowest BCUT2D eigenvalue weighted by molar-refractivity contribution is -0.358. The fourth-order valence-corrected chi connectivity index (χ4v) is 11.3. The first kappa shape index (κ1) is 24.9. The third kappa shape index (κ3) is 2.31. The van der Waals surface area contributed by atoms with Crippen molar-refractivity contribution < 1.29 is 39.0 Å². The maximum absolute atomic E-state index is 13.2. The molecule has 6 rings (SSSR count). The summed E-state index contributed by atoms with van der Waals surface area (Å²) in [5.41, 5.74) is -5.89. The molecule has 9 heteroatoms. The van der Waals surface area contributed by atoms with Crippen LogP contribution in [0.25, 0.3) is 0 Å². The van der Waals surface area contributed by atoms with E-state index in [1.54, 1.807) is 35.5 Å². The molecule has 7 bridgehead atoms. The Kier molecular flexibility index (Phi) is 5.42. The van der Waals surface area contributed by atoms with Crippen molar-refractivity contribution in [3.8, 4) is 0 Å². The van der Waals surface area contributed by atoms with Crippen LogP contribution in [0.1, 0.15) is 32.6 Å². The summed E-state index contributed by atoms with van der Waals surface area (Å²) in [5, 5.41) is 39.1. The number of likely N-dealkylation sites (N-methyl/N-ethyl adjacent to an activating group) is 1. The van der Waals surface area contributed by atoms with E-state index in [0.29, 0.717) is 26.1 Å². The Balaban J connectivity index is 1.72. The first-order valence-electron chi connectivity index (χ1n) is 13.2. The van der Waals surface area contributed by atoms with Gasteiger partial charge in [0.05, 0.1) is 48.1 Å². The monoisotopic (exact) mass is 497 g/mol. The van der Waals surface area contributed by atoms with Gasteiger partial charge in [0.15, 0.2) is 0 Å². The highest BCUT2D eigenvalue weighted by atomic mass is 16.5. The number of hydrogen-bond acceptors (Lipinski definition) is 9. The predicted molar refractivity (Wildman–Crippen MR) is 125 cm³/mol. The molecule has 3 N–H and O–H groups in total. The van der Waals surface area contributed by atoms with E-state index >= 15 is 0 Å². The van der Waals surface area contributed by atoms with Crippen molar-refractivity contribution in [3.05, 3.63) is 0 Å². The Labute approximate surface area is 208 Å². The molecule has 6 aliphatic rings. The molecule has 0 aromatic carbocycles. The summed E-state index contributed by atoms with van der Waals surface area (Å²) in [6.45, 7) is 3.96. The highest BCUT2D eigenvalue weighted by Crippen LogP contribution is 2.81. The maximum Gasteiger partial charge on any atom is 0.136 e. The normalized spacial score (nSPS) is 60.3. The molecule has 9 nitrogen and oxygen atoms in total. The van der Waals surface area contributed by atoms with Crippen molar-refractivity contribution in [1.29, 1.82) is 0 Å². The van der Waals surface area contributed by atoms with Gasteiger partial charge in [-0.25, -0.2) is 0 Å². The van der Waals surface area contributed by atoms with Crippen molar-refractivity contribution in [2.24, 2.45) is 28.6 Å². The topological polar surface area (TPSA) is 110 Å². The van der Waals surface area contributed by atoms with E-state index in [2.05, 4.69) is 11.8 Å². The third-order valence-corrected chi connectivity index (χ3v) is 11.8. The van der Waals surface area contributed by atoms with Crippen LogP contribution in [0.15, 0.2) is 0 Å². The second kappa shape index (κ2) is 7.61. The van der Waals surface area contributed by atoms with Crippen molar-refractivity contribution in [1.82, 2.24) is 4.90 Å². The zero-order valence-electron chi connectivity index (χ0n) is 21.9. The summed E-state index contributed by atoms with van der Waals surface area (Å²) in [7, 11) is 8.33. The molecular weight excluding hydrogens is 454 g/mol. The molecule has 200 valence electrons. The van der Waals surface area contributed by atoms with Gasteiger partial charge in [-0.2, -0.15) is 0 Å². The van der Waals surface area contributed by atoms with Crippen molar-refractivity contribution in [2.45, 2.75) is 79.9 Å². The number of ether oxygens (including phenoxy) is 5. The van der Waals surface area contributed by atoms with E-state index in [1.165, 1.54) is 0 Å². The third-order valence-electron chi connectivity index (χ3n) is 11.8. The van der Waals surface area contributed by atoms with Crippen molar-refractivity contribution >= 4 is 0 Å². The largest absolute Gasteiger partial charge is 0.389 e. The molecule has 1 saturated heterocycles. The van der Waals surface area contributed by atoms with Crippen LogP contribution >= 0.6 is 0 Å². The van der Waals surface area contributed by atoms with E-state index in [9.17, 15) is 15.3 Å². The van der Waals surface area contributed by atoms with Crippen LogP contribution in [0.2, 0.25) is 0 Å². The van der Waals surface area contributed by atoms with Crippen LogP contribution in [0.3, 0.4) is 0 Å². The lowest BCUT2D eigenvalue weighted by Crippen LogP contribution is -2.86. The number of likely N-dealkylation sites (tertiary alicyclic amines) is 1. The zero-order valence-corrected chi connectivity index (χ0v) is 21.9. The molecule has 35 heavy (non-hydrogen) atoms. The molecule has 1 aliphatic heterocycles. The zero-order chi connectivity index (χ0) is 25.2. The van der Waals surface area contributed by atoms with E-state index < -0.39 is 46.4 Å². The van der Waals surface area contributed by atoms with Gasteiger partial charge in [-0.3, -0.25) is 4.90 Å². The van der Waals surface area contributed by atoms with E-state index in [0.717, 1.165) is 12.8 Å². The van der Waals surface area contributed by atoms with Crippen LogP contribution in [0, 0.1) is 28.6 Å². The van der Waals surface area contributed by atoms with Gasteiger partial charge in [0.1, 0.15) is 11.2 Å². The summed E-state index contributed by atoms with van der Waals surface area (Å²) in [6.07, 6.45) is 0.424. The predicted octanol–water partition coefficient (Wildman–Crippen LogP) is 0.0400. The lowest BCUT2D eigenvalue weighted by atomic mass is 9.41. The fourth-order valence-electron chi connectivity index (χ4n) is 11.3. The summed E-state index contributed by atoms with van der Waals surface area (Å²) in [6, 6.07) is -0.539. The molecule has 0 aromatic rings. The number of fused-ring (bicyclic) bond motifs is 2. The Morgan fingerprint density at radius 3 is 2.20 bits per heavy atom. The smallest absolute Gasteiger partial charge is 0.136 e. The van der Waals surface area contributed by atoms with E-state index in [1.807, 2.05) is 0 Å². The van der Waals surface area contributed by atoms with Crippen LogP contribution < -0.4 is 0 Å². The fraction of sp³-hybridized carbons (Fsp3) is 1.00. The van der Waals surface area contributed by atoms with E-state index in [4.69, 9.17) is 23.7 Å². The second-order valence-electron chi connectivity index (χ2n) is 12.3. The summed E-state index contributed by atoms with van der Waals surface area (Å²) in [4.78, 5) is 2.28.